The molecule has 0 amide bonds. The molecule has 0 saturated carbocycles. The second-order valence-corrected chi connectivity index (χ2v) is 5.53. The van der Waals surface area contributed by atoms with E-state index < -0.39 is 0 Å². The molecule has 4 nitrogen and oxygen atoms in total. The summed E-state index contributed by atoms with van der Waals surface area (Å²) in [5, 5.41) is 1.02. The summed E-state index contributed by atoms with van der Waals surface area (Å²) < 4.78 is 10.8. The Hall–Kier alpha value is -0.580. The van der Waals surface area contributed by atoms with Crippen molar-refractivity contribution in [3.63, 3.8) is 0 Å². The molecule has 5 heteroatoms. The lowest BCUT2D eigenvalue weighted by Crippen LogP contribution is -2.37. The topological polar surface area (TPSA) is 43.2 Å². The first-order valence-corrected chi connectivity index (χ1v) is 7.55. The van der Waals surface area contributed by atoms with Crippen LogP contribution in [0, 0.1) is 5.92 Å². The predicted molar refractivity (Wildman–Crippen MR) is 78.9 cm³/mol. The van der Waals surface area contributed by atoms with Gasteiger partial charge in [0.1, 0.15) is 12.1 Å². The van der Waals surface area contributed by atoms with Crippen molar-refractivity contribution in [1.29, 1.82) is 0 Å². The van der Waals surface area contributed by atoms with Crippen LogP contribution >= 0.6 is 15.9 Å². The first-order valence-electron chi connectivity index (χ1n) is 6.43. The largest absolute Gasteiger partial charge is 0.483 e. The zero-order valence-electron chi connectivity index (χ0n) is 11.6. The van der Waals surface area contributed by atoms with Crippen molar-refractivity contribution in [2.45, 2.75) is 45.2 Å². The van der Waals surface area contributed by atoms with E-state index in [9.17, 15) is 0 Å². The third-order valence-corrected chi connectivity index (χ3v) is 3.56. The quantitative estimate of drug-likeness (QED) is 0.577. The van der Waals surface area contributed by atoms with Gasteiger partial charge in [-0.15, -0.1) is 0 Å². The summed E-state index contributed by atoms with van der Waals surface area (Å²) in [6.45, 7) is 4.22. The van der Waals surface area contributed by atoms with Crippen LogP contribution in [0.25, 0.3) is 0 Å². The van der Waals surface area contributed by atoms with Crippen LogP contribution in [0.15, 0.2) is 9.98 Å². The van der Waals surface area contributed by atoms with E-state index in [1.165, 1.54) is 0 Å². The van der Waals surface area contributed by atoms with E-state index in [0.29, 0.717) is 5.92 Å². The summed E-state index contributed by atoms with van der Waals surface area (Å²) >= 11 is 3.44. The Morgan fingerprint density at radius 1 is 1.11 bits per heavy atom. The van der Waals surface area contributed by atoms with Crippen LogP contribution in [0.5, 0.6) is 0 Å². The minimum absolute atomic E-state index is 0.0130. The lowest BCUT2D eigenvalue weighted by Gasteiger charge is -2.27. The van der Waals surface area contributed by atoms with Crippen LogP contribution in [0.2, 0.25) is 0 Å². The lowest BCUT2D eigenvalue weighted by atomic mass is 10.0. The molecule has 104 valence electrons. The van der Waals surface area contributed by atoms with Gasteiger partial charge < -0.3 is 9.47 Å². The average Bonchev–Trinajstić information content (AvgIpc) is 2.38. The van der Waals surface area contributed by atoms with Crippen molar-refractivity contribution >= 4 is 27.7 Å². The van der Waals surface area contributed by atoms with E-state index in [-0.39, 0.29) is 12.1 Å². The Bertz CT molecular complexity index is 316. The minimum atomic E-state index is -0.0163. The van der Waals surface area contributed by atoms with Gasteiger partial charge in [-0.2, -0.15) is 0 Å². The summed E-state index contributed by atoms with van der Waals surface area (Å²) in [7, 11) is 3.33. The highest BCUT2D eigenvalue weighted by molar-refractivity contribution is 9.09. The van der Waals surface area contributed by atoms with E-state index in [1.807, 2.05) is 0 Å². The monoisotopic (exact) mass is 318 g/mol. The van der Waals surface area contributed by atoms with Crippen LogP contribution in [-0.4, -0.2) is 43.4 Å². The van der Waals surface area contributed by atoms with E-state index in [2.05, 4.69) is 39.8 Å². The van der Waals surface area contributed by atoms with Crippen molar-refractivity contribution in [1.82, 2.24) is 0 Å². The molecule has 0 fully saturated rings. The molecule has 0 aromatic rings. The molecule has 0 radical (unpaired) electrons. The zero-order chi connectivity index (χ0) is 13.5. The SMILES string of the molecule is COC1=N[C@@H](C(C)C)C(OC)=N[C@H]1CCCCBr. The Balaban J connectivity index is 2.78. The molecule has 2 atom stereocenters. The maximum Gasteiger partial charge on any atom is 0.209 e. The molecule has 0 spiro atoms. The summed E-state index contributed by atoms with van der Waals surface area (Å²) in [4.78, 5) is 9.29. The molecule has 1 aliphatic rings. The van der Waals surface area contributed by atoms with Crippen LogP contribution in [0.4, 0.5) is 0 Å². The molecular weight excluding hydrogens is 296 g/mol. The van der Waals surface area contributed by atoms with Gasteiger partial charge in [-0.1, -0.05) is 29.8 Å². The number of unbranched alkanes of at least 4 members (excludes halogenated alkanes) is 1. The van der Waals surface area contributed by atoms with Gasteiger partial charge in [0.2, 0.25) is 11.8 Å². The second-order valence-electron chi connectivity index (χ2n) is 4.73. The summed E-state index contributed by atoms with van der Waals surface area (Å²) in [6, 6.07) is -0.00336. The third kappa shape index (κ3) is 3.97. The zero-order valence-corrected chi connectivity index (χ0v) is 13.2. The Labute approximate surface area is 118 Å². The maximum absolute atomic E-state index is 5.38. The number of alkyl halides is 1. The molecule has 1 aliphatic heterocycles. The van der Waals surface area contributed by atoms with Crippen molar-refractivity contribution in [2.75, 3.05) is 19.5 Å². The fraction of sp³-hybridized carbons (Fsp3) is 0.846. The molecule has 0 N–H and O–H groups in total. The smallest absolute Gasteiger partial charge is 0.209 e. The highest BCUT2D eigenvalue weighted by atomic mass is 79.9. The fourth-order valence-corrected chi connectivity index (χ4v) is 2.38. The van der Waals surface area contributed by atoms with Crippen LogP contribution in [0.1, 0.15) is 33.1 Å². The Kier molecular flexibility index (Phi) is 6.68. The number of halogens is 1. The molecule has 0 aromatic heterocycles. The summed E-state index contributed by atoms with van der Waals surface area (Å²) in [5.41, 5.74) is 0. The van der Waals surface area contributed by atoms with Crippen molar-refractivity contribution < 1.29 is 9.47 Å². The molecule has 18 heavy (non-hydrogen) atoms. The van der Waals surface area contributed by atoms with Crippen molar-refractivity contribution in [3.05, 3.63) is 0 Å². The molecular formula is C13H23BrN2O2. The molecule has 0 saturated heterocycles. The molecule has 1 heterocycles. The number of hydrogen-bond acceptors (Lipinski definition) is 4. The third-order valence-electron chi connectivity index (χ3n) is 3.00. The standard InChI is InChI=1S/C13H23BrN2O2/c1-9(2)11-13(18-4)15-10(7-5-6-8-14)12(16-11)17-3/h9-11H,5-8H2,1-4H3/t10-,11-/m0/s1. The molecule has 1 rings (SSSR count). The summed E-state index contributed by atoms with van der Waals surface area (Å²) in [6.07, 6.45) is 3.19. The molecule has 0 aromatic carbocycles. The predicted octanol–water partition coefficient (Wildman–Crippen LogP) is 3.05. The number of hydrogen-bond donors (Lipinski definition) is 0. The average molecular weight is 319 g/mol. The Morgan fingerprint density at radius 2 is 1.78 bits per heavy atom. The van der Waals surface area contributed by atoms with E-state index in [4.69, 9.17) is 9.47 Å². The highest BCUT2D eigenvalue weighted by Crippen LogP contribution is 2.20. The van der Waals surface area contributed by atoms with Gasteiger partial charge in [0, 0.05) is 5.33 Å². The van der Waals surface area contributed by atoms with Crippen molar-refractivity contribution in [3.8, 4) is 0 Å². The first kappa shape index (κ1) is 15.5. The van der Waals surface area contributed by atoms with Crippen LogP contribution in [0.3, 0.4) is 0 Å². The van der Waals surface area contributed by atoms with Gasteiger partial charge in [-0.3, -0.25) is 0 Å². The van der Waals surface area contributed by atoms with Gasteiger partial charge >= 0.3 is 0 Å². The van der Waals surface area contributed by atoms with Crippen LogP contribution in [-0.2, 0) is 9.47 Å². The maximum atomic E-state index is 5.38. The Morgan fingerprint density at radius 3 is 2.28 bits per heavy atom. The number of nitrogens with zero attached hydrogens (tertiary/aromatic N) is 2. The van der Waals surface area contributed by atoms with Gasteiger partial charge in [0.25, 0.3) is 0 Å². The molecule has 0 bridgehead atoms. The number of methoxy groups -OCH3 is 2. The van der Waals surface area contributed by atoms with Gasteiger partial charge in [0.05, 0.1) is 14.2 Å². The van der Waals surface area contributed by atoms with Crippen molar-refractivity contribution in [2.24, 2.45) is 15.9 Å². The summed E-state index contributed by atoms with van der Waals surface area (Å²) in [5.74, 6) is 1.83. The normalized spacial score (nSPS) is 23.7. The highest BCUT2D eigenvalue weighted by Gasteiger charge is 2.30. The van der Waals surface area contributed by atoms with Gasteiger partial charge in [-0.25, -0.2) is 9.98 Å². The molecule has 0 aliphatic carbocycles. The van der Waals surface area contributed by atoms with Gasteiger partial charge in [-0.05, 0) is 25.2 Å². The number of rotatable bonds is 5. The van der Waals surface area contributed by atoms with E-state index >= 15 is 0 Å². The first-order chi connectivity index (χ1) is 8.63. The van der Waals surface area contributed by atoms with E-state index in [0.717, 1.165) is 36.4 Å². The molecule has 0 unspecified atom stereocenters. The lowest BCUT2D eigenvalue weighted by molar-refractivity contribution is 0.330. The number of aliphatic imine (C=N–C) groups is 2. The fourth-order valence-electron chi connectivity index (χ4n) is 1.98. The minimum Gasteiger partial charge on any atom is -0.483 e. The second kappa shape index (κ2) is 7.77. The van der Waals surface area contributed by atoms with E-state index in [1.54, 1.807) is 14.2 Å². The number of ether oxygens (including phenoxy) is 2. The van der Waals surface area contributed by atoms with Crippen LogP contribution < -0.4 is 0 Å². The van der Waals surface area contributed by atoms with Gasteiger partial charge in [0.15, 0.2) is 0 Å².